The summed E-state index contributed by atoms with van der Waals surface area (Å²) in [5.74, 6) is -1.68. The summed E-state index contributed by atoms with van der Waals surface area (Å²) in [6, 6.07) is 12.6. The number of carbonyl (C=O) groups excluding carboxylic acids is 2. The fourth-order valence-electron chi connectivity index (χ4n) is 2.27. The Balaban J connectivity index is 1.62. The number of nitrogens with one attached hydrogen (secondary N) is 2. The van der Waals surface area contributed by atoms with E-state index >= 15 is 0 Å². The number of para-hydroxylation sites is 3. The number of H-pyrrole nitrogens is 1. The number of anilines is 1. The smallest absolute Gasteiger partial charge is 0.387 e. The second-order valence-electron chi connectivity index (χ2n) is 5.12. The molecule has 0 aliphatic rings. The molecule has 0 spiro atoms. The summed E-state index contributed by atoms with van der Waals surface area (Å²) in [5, 5.41) is 9.47. The third-order valence-electron chi connectivity index (χ3n) is 3.38. The third-order valence-corrected chi connectivity index (χ3v) is 3.38. The molecule has 0 saturated heterocycles. The van der Waals surface area contributed by atoms with Gasteiger partial charge in [-0.15, -0.1) is 0 Å². The minimum Gasteiger partial charge on any atom is -0.451 e. The van der Waals surface area contributed by atoms with Gasteiger partial charge in [0.05, 0.1) is 11.2 Å². The summed E-state index contributed by atoms with van der Waals surface area (Å²) in [7, 11) is 0. The molecule has 26 heavy (non-hydrogen) atoms. The number of benzene rings is 2. The summed E-state index contributed by atoms with van der Waals surface area (Å²) < 4.78 is 34.0. The maximum absolute atomic E-state index is 12.4. The van der Waals surface area contributed by atoms with Crippen molar-refractivity contribution in [2.45, 2.75) is 6.61 Å². The normalized spacial score (nSPS) is 10.7. The van der Waals surface area contributed by atoms with Gasteiger partial charge in [0.1, 0.15) is 5.75 Å². The van der Waals surface area contributed by atoms with Gasteiger partial charge in [0, 0.05) is 5.39 Å². The van der Waals surface area contributed by atoms with E-state index in [1.54, 1.807) is 24.3 Å². The first-order valence-electron chi connectivity index (χ1n) is 7.48. The van der Waals surface area contributed by atoms with Crippen molar-refractivity contribution >= 4 is 28.5 Å². The molecular weight excluding hydrogens is 348 g/mol. The predicted octanol–water partition coefficient (Wildman–Crippen LogP) is 2.96. The molecule has 0 unspecified atom stereocenters. The van der Waals surface area contributed by atoms with Crippen molar-refractivity contribution in [3.63, 3.8) is 0 Å². The summed E-state index contributed by atoms with van der Waals surface area (Å²) in [5.41, 5.74) is 0.746. The van der Waals surface area contributed by atoms with E-state index in [2.05, 4.69) is 20.3 Å². The van der Waals surface area contributed by atoms with Crippen molar-refractivity contribution in [3.05, 3.63) is 54.2 Å². The van der Waals surface area contributed by atoms with E-state index in [-0.39, 0.29) is 17.1 Å². The van der Waals surface area contributed by atoms with Crippen LogP contribution in [0.15, 0.2) is 48.5 Å². The maximum atomic E-state index is 12.4. The SMILES string of the molecule is O=C(COC(=O)c1n[nH]c2ccccc12)Nc1ccccc1OC(F)F. The summed E-state index contributed by atoms with van der Waals surface area (Å²) in [4.78, 5) is 24.0. The van der Waals surface area contributed by atoms with E-state index in [0.29, 0.717) is 10.9 Å². The number of carbonyl (C=O) groups is 2. The second kappa shape index (κ2) is 7.60. The Kier molecular flexibility index (Phi) is 5.07. The molecule has 0 fully saturated rings. The van der Waals surface area contributed by atoms with Crippen LogP contribution >= 0.6 is 0 Å². The Hall–Kier alpha value is -3.49. The number of esters is 1. The largest absolute Gasteiger partial charge is 0.451 e. The lowest BCUT2D eigenvalue weighted by Gasteiger charge is -2.11. The monoisotopic (exact) mass is 361 g/mol. The summed E-state index contributed by atoms with van der Waals surface area (Å²) in [6.45, 7) is -3.64. The molecule has 0 radical (unpaired) electrons. The zero-order valence-corrected chi connectivity index (χ0v) is 13.2. The molecule has 1 heterocycles. The Bertz CT molecular complexity index is 942. The average Bonchev–Trinajstić information content (AvgIpc) is 3.05. The van der Waals surface area contributed by atoms with Gasteiger partial charge in [-0.1, -0.05) is 30.3 Å². The third kappa shape index (κ3) is 3.94. The summed E-state index contributed by atoms with van der Waals surface area (Å²) >= 11 is 0. The van der Waals surface area contributed by atoms with Crippen molar-refractivity contribution in [2.75, 3.05) is 11.9 Å². The number of fused-ring (bicyclic) bond motifs is 1. The molecule has 2 aromatic carbocycles. The molecule has 134 valence electrons. The van der Waals surface area contributed by atoms with Crippen LogP contribution < -0.4 is 10.1 Å². The molecule has 0 aliphatic heterocycles. The number of ether oxygens (including phenoxy) is 2. The van der Waals surface area contributed by atoms with Gasteiger partial charge in [0.25, 0.3) is 5.91 Å². The molecule has 0 aliphatic carbocycles. The van der Waals surface area contributed by atoms with E-state index in [0.717, 1.165) is 0 Å². The minimum atomic E-state index is -3.03. The van der Waals surface area contributed by atoms with Crippen LogP contribution in [0.3, 0.4) is 0 Å². The number of amides is 1. The number of aromatic nitrogens is 2. The number of rotatable bonds is 6. The molecule has 7 nitrogen and oxygen atoms in total. The van der Waals surface area contributed by atoms with Gasteiger partial charge in [-0.05, 0) is 18.2 Å². The van der Waals surface area contributed by atoms with Gasteiger partial charge in [0.15, 0.2) is 12.3 Å². The molecule has 1 amide bonds. The average molecular weight is 361 g/mol. The Labute approximate surface area is 145 Å². The summed E-state index contributed by atoms with van der Waals surface area (Å²) in [6.07, 6.45) is 0. The van der Waals surface area contributed by atoms with Crippen LogP contribution in [0.5, 0.6) is 5.75 Å². The lowest BCUT2D eigenvalue weighted by Crippen LogP contribution is -2.21. The first-order valence-corrected chi connectivity index (χ1v) is 7.48. The van der Waals surface area contributed by atoms with Gasteiger partial charge in [0.2, 0.25) is 0 Å². The highest BCUT2D eigenvalue weighted by atomic mass is 19.3. The van der Waals surface area contributed by atoms with Crippen LogP contribution in [-0.4, -0.2) is 35.3 Å². The fraction of sp³-hybridized carbons (Fsp3) is 0.118. The number of alkyl halides is 2. The molecule has 0 atom stereocenters. The van der Waals surface area contributed by atoms with Gasteiger partial charge in [-0.25, -0.2) is 4.79 Å². The molecule has 3 aromatic rings. The standard InChI is InChI=1S/C17H13F2N3O4/c18-17(19)26-13-8-4-3-7-12(13)20-14(23)9-25-16(24)15-10-5-1-2-6-11(10)21-22-15/h1-8,17H,9H2,(H,20,23)(H,21,22). The minimum absolute atomic E-state index is 0.0408. The van der Waals surface area contributed by atoms with E-state index in [4.69, 9.17) is 4.74 Å². The van der Waals surface area contributed by atoms with E-state index in [1.807, 2.05) is 0 Å². The fourth-order valence-corrected chi connectivity index (χ4v) is 2.27. The Morgan fingerprint density at radius 1 is 1.12 bits per heavy atom. The number of aromatic amines is 1. The van der Waals surface area contributed by atoms with E-state index in [1.165, 1.54) is 24.3 Å². The Morgan fingerprint density at radius 3 is 2.65 bits per heavy atom. The van der Waals surface area contributed by atoms with Crippen molar-refractivity contribution in [3.8, 4) is 5.75 Å². The lowest BCUT2D eigenvalue weighted by molar-refractivity contribution is -0.119. The topological polar surface area (TPSA) is 93.3 Å². The van der Waals surface area contributed by atoms with Crippen LogP contribution in [0.1, 0.15) is 10.5 Å². The molecular formula is C17H13F2N3O4. The predicted molar refractivity (Wildman–Crippen MR) is 88.1 cm³/mol. The zero-order chi connectivity index (χ0) is 18.5. The van der Waals surface area contributed by atoms with Gasteiger partial charge >= 0.3 is 12.6 Å². The van der Waals surface area contributed by atoms with Crippen LogP contribution in [0.2, 0.25) is 0 Å². The molecule has 0 saturated carbocycles. The van der Waals surface area contributed by atoms with Gasteiger partial charge in [-0.2, -0.15) is 13.9 Å². The van der Waals surface area contributed by atoms with Crippen LogP contribution in [0.4, 0.5) is 14.5 Å². The quantitative estimate of drug-likeness (QED) is 0.659. The van der Waals surface area contributed by atoms with Crippen molar-refractivity contribution in [2.24, 2.45) is 0 Å². The molecule has 1 aromatic heterocycles. The van der Waals surface area contributed by atoms with Crippen molar-refractivity contribution in [1.29, 1.82) is 0 Å². The van der Waals surface area contributed by atoms with Crippen molar-refractivity contribution in [1.82, 2.24) is 10.2 Å². The van der Waals surface area contributed by atoms with Gasteiger partial charge < -0.3 is 14.8 Å². The molecule has 3 rings (SSSR count). The maximum Gasteiger partial charge on any atom is 0.387 e. The highest BCUT2D eigenvalue weighted by Gasteiger charge is 2.17. The van der Waals surface area contributed by atoms with Crippen LogP contribution in [0, 0.1) is 0 Å². The number of hydrogen-bond acceptors (Lipinski definition) is 5. The Morgan fingerprint density at radius 2 is 1.85 bits per heavy atom. The van der Waals surface area contributed by atoms with Gasteiger partial charge in [-0.3, -0.25) is 9.89 Å². The van der Waals surface area contributed by atoms with Crippen LogP contribution in [0.25, 0.3) is 10.9 Å². The lowest BCUT2D eigenvalue weighted by atomic mass is 10.2. The molecule has 9 heteroatoms. The zero-order valence-electron chi connectivity index (χ0n) is 13.2. The second-order valence-corrected chi connectivity index (χ2v) is 5.12. The van der Waals surface area contributed by atoms with E-state index in [9.17, 15) is 18.4 Å². The number of hydrogen-bond donors (Lipinski definition) is 2. The highest BCUT2D eigenvalue weighted by molar-refractivity contribution is 6.03. The van der Waals surface area contributed by atoms with E-state index < -0.39 is 25.1 Å². The van der Waals surface area contributed by atoms with Crippen molar-refractivity contribution < 1.29 is 27.8 Å². The first-order chi connectivity index (χ1) is 12.5. The molecule has 0 bridgehead atoms. The first kappa shape index (κ1) is 17.3. The highest BCUT2D eigenvalue weighted by Crippen LogP contribution is 2.25. The number of halogens is 2. The van der Waals surface area contributed by atoms with Crippen LogP contribution in [-0.2, 0) is 9.53 Å². The molecule has 2 N–H and O–H groups in total. The number of nitrogens with zero attached hydrogens (tertiary/aromatic N) is 1.